The minimum atomic E-state index is -0.265. The van der Waals surface area contributed by atoms with Crippen molar-refractivity contribution in [1.82, 2.24) is 0 Å². The highest BCUT2D eigenvalue weighted by Crippen LogP contribution is 2.32. The molecule has 84 valence electrons. The van der Waals surface area contributed by atoms with Gasteiger partial charge in [-0.2, -0.15) is 0 Å². The molecule has 1 heterocycles. The summed E-state index contributed by atoms with van der Waals surface area (Å²) in [5.41, 5.74) is 2.39. The van der Waals surface area contributed by atoms with Crippen LogP contribution in [0.3, 0.4) is 0 Å². The van der Waals surface area contributed by atoms with E-state index in [9.17, 15) is 9.50 Å². The van der Waals surface area contributed by atoms with Gasteiger partial charge in [0.25, 0.3) is 0 Å². The molecule has 1 aromatic heterocycles. The monoisotopic (exact) mass is 228 g/mol. The highest BCUT2D eigenvalue weighted by molar-refractivity contribution is 5.94. The summed E-state index contributed by atoms with van der Waals surface area (Å²) in [6.45, 7) is 0. The Hall–Kier alpha value is -2.29. The molecule has 0 spiro atoms. The van der Waals surface area contributed by atoms with Gasteiger partial charge in [-0.15, -0.1) is 0 Å². The van der Waals surface area contributed by atoms with E-state index in [0.717, 1.165) is 16.5 Å². The predicted octanol–water partition coefficient (Wildman–Crippen LogP) is 3.94. The molecule has 0 saturated carbocycles. The normalized spacial score (nSPS) is 10.9. The fourth-order valence-electron chi connectivity index (χ4n) is 1.87. The van der Waals surface area contributed by atoms with Crippen molar-refractivity contribution >= 4 is 11.0 Å². The van der Waals surface area contributed by atoms with Gasteiger partial charge in [0.15, 0.2) is 0 Å². The van der Waals surface area contributed by atoms with Crippen LogP contribution < -0.4 is 0 Å². The van der Waals surface area contributed by atoms with Gasteiger partial charge in [0.1, 0.15) is 17.1 Å². The molecule has 2 aromatic carbocycles. The molecule has 0 fully saturated rings. The van der Waals surface area contributed by atoms with Crippen LogP contribution in [0, 0.1) is 5.82 Å². The lowest BCUT2D eigenvalue weighted by molar-refractivity contribution is 0.474. The van der Waals surface area contributed by atoms with Crippen LogP contribution in [-0.2, 0) is 0 Å². The molecule has 0 aliphatic heterocycles. The van der Waals surface area contributed by atoms with Gasteiger partial charge in [-0.3, -0.25) is 0 Å². The van der Waals surface area contributed by atoms with E-state index in [0.29, 0.717) is 5.58 Å². The second kappa shape index (κ2) is 3.63. The summed E-state index contributed by atoms with van der Waals surface area (Å²) in [6, 6.07) is 11.2. The van der Waals surface area contributed by atoms with E-state index in [-0.39, 0.29) is 11.6 Å². The minimum absolute atomic E-state index is 0.164. The van der Waals surface area contributed by atoms with Crippen LogP contribution in [0.5, 0.6) is 5.75 Å². The smallest absolute Gasteiger partial charge is 0.138 e. The lowest BCUT2D eigenvalue weighted by Gasteiger charge is -1.98. The molecular weight excluding hydrogens is 219 g/mol. The molecule has 1 N–H and O–H groups in total. The van der Waals surface area contributed by atoms with Crippen LogP contribution in [0.25, 0.3) is 22.1 Å². The van der Waals surface area contributed by atoms with Crippen LogP contribution in [0.1, 0.15) is 0 Å². The standard InChI is InChI=1S/C14H9FO2/c15-10-3-1-9(2-4-10)13-8-17-14-7-11(16)5-6-12(13)14/h1-8,16H. The second-order valence-corrected chi connectivity index (χ2v) is 3.84. The van der Waals surface area contributed by atoms with Crippen molar-refractivity contribution < 1.29 is 13.9 Å². The van der Waals surface area contributed by atoms with Gasteiger partial charge in [0, 0.05) is 17.0 Å². The molecule has 3 aromatic rings. The van der Waals surface area contributed by atoms with Gasteiger partial charge >= 0.3 is 0 Å². The fourth-order valence-corrected chi connectivity index (χ4v) is 1.87. The Morgan fingerprint density at radius 1 is 1.00 bits per heavy atom. The predicted molar refractivity (Wildman–Crippen MR) is 63.3 cm³/mol. The zero-order chi connectivity index (χ0) is 11.8. The zero-order valence-corrected chi connectivity index (χ0v) is 8.85. The minimum Gasteiger partial charge on any atom is -0.508 e. The maximum Gasteiger partial charge on any atom is 0.138 e. The molecule has 0 saturated heterocycles. The van der Waals surface area contributed by atoms with Gasteiger partial charge in [0.2, 0.25) is 0 Å². The van der Waals surface area contributed by atoms with Crippen molar-refractivity contribution in [2.45, 2.75) is 0 Å². The van der Waals surface area contributed by atoms with Crippen molar-refractivity contribution in [1.29, 1.82) is 0 Å². The Morgan fingerprint density at radius 3 is 2.53 bits per heavy atom. The highest BCUT2D eigenvalue weighted by Gasteiger charge is 2.08. The number of phenols is 1. The maximum atomic E-state index is 12.8. The van der Waals surface area contributed by atoms with Gasteiger partial charge in [0.05, 0.1) is 6.26 Å². The molecule has 3 heteroatoms. The second-order valence-electron chi connectivity index (χ2n) is 3.84. The molecule has 3 rings (SSSR count). The largest absolute Gasteiger partial charge is 0.508 e. The highest BCUT2D eigenvalue weighted by atomic mass is 19.1. The van der Waals surface area contributed by atoms with Gasteiger partial charge < -0.3 is 9.52 Å². The maximum absolute atomic E-state index is 12.8. The van der Waals surface area contributed by atoms with E-state index in [2.05, 4.69) is 0 Å². The van der Waals surface area contributed by atoms with E-state index < -0.39 is 0 Å². The number of hydrogen-bond acceptors (Lipinski definition) is 2. The first kappa shape index (κ1) is 9.90. The lowest BCUT2D eigenvalue weighted by Crippen LogP contribution is -1.77. The molecule has 0 unspecified atom stereocenters. The Bertz CT molecular complexity index is 668. The van der Waals surface area contributed by atoms with Gasteiger partial charge in [-0.05, 0) is 29.8 Å². The summed E-state index contributed by atoms with van der Waals surface area (Å²) in [7, 11) is 0. The summed E-state index contributed by atoms with van der Waals surface area (Å²) in [5, 5.41) is 10.2. The Balaban J connectivity index is 2.21. The summed E-state index contributed by atoms with van der Waals surface area (Å²) in [6.07, 6.45) is 1.61. The molecule has 0 atom stereocenters. The summed E-state index contributed by atoms with van der Waals surface area (Å²) < 4.78 is 18.2. The van der Waals surface area contributed by atoms with Crippen LogP contribution in [-0.4, -0.2) is 5.11 Å². The number of phenolic OH excluding ortho intramolecular Hbond substituents is 1. The molecule has 17 heavy (non-hydrogen) atoms. The first-order chi connectivity index (χ1) is 8.24. The van der Waals surface area contributed by atoms with Crippen molar-refractivity contribution in [3.63, 3.8) is 0 Å². The number of halogens is 1. The molecule has 2 nitrogen and oxygen atoms in total. The lowest BCUT2D eigenvalue weighted by atomic mass is 10.0. The van der Waals surface area contributed by atoms with Gasteiger partial charge in [-0.1, -0.05) is 12.1 Å². The quantitative estimate of drug-likeness (QED) is 0.684. The molecule has 0 amide bonds. The number of benzene rings is 2. The van der Waals surface area contributed by atoms with Gasteiger partial charge in [-0.25, -0.2) is 4.39 Å². The number of aromatic hydroxyl groups is 1. The number of fused-ring (bicyclic) bond motifs is 1. The third kappa shape index (κ3) is 1.65. The van der Waals surface area contributed by atoms with E-state index in [4.69, 9.17) is 4.42 Å². The van der Waals surface area contributed by atoms with Crippen molar-refractivity contribution in [3.05, 3.63) is 54.5 Å². The zero-order valence-electron chi connectivity index (χ0n) is 8.85. The number of rotatable bonds is 1. The topological polar surface area (TPSA) is 33.4 Å². The van der Waals surface area contributed by atoms with Crippen LogP contribution in [0.4, 0.5) is 4.39 Å². The van der Waals surface area contributed by atoms with Crippen LogP contribution in [0.15, 0.2) is 53.1 Å². The average Bonchev–Trinajstić information content (AvgIpc) is 2.73. The van der Waals surface area contributed by atoms with Crippen molar-refractivity contribution in [3.8, 4) is 16.9 Å². The SMILES string of the molecule is Oc1ccc2c(-c3ccc(F)cc3)coc2c1. The first-order valence-electron chi connectivity index (χ1n) is 5.20. The van der Waals surface area contributed by atoms with E-state index in [1.165, 1.54) is 12.1 Å². The third-order valence-electron chi connectivity index (χ3n) is 2.71. The van der Waals surface area contributed by atoms with E-state index >= 15 is 0 Å². The van der Waals surface area contributed by atoms with E-state index in [1.807, 2.05) is 0 Å². The third-order valence-corrected chi connectivity index (χ3v) is 2.71. The number of furan rings is 1. The Labute approximate surface area is 96.9 Å². The molecule has 0 radical (unpaired) electrons. The van der Waals surface area contributed by atoms with Crippen molar-refractivity contribution in [2.75, 3.05) is 0 Å². The van der Waals surface area contributed by atoms with E-state index in [1.54, 1.807) is 36.6 Å². The van der Waals surface area contributed by atoms with Crippen LogP contribution >= 0.6 is 0 Å². The molecular formula is C14H9FO2. The summed E-state index contributed by atoms with van der Waals surface area (Å²) in [5.74, 6) is -0.100. The first-order valence-corrected chi connectivity index (χ1v) is 5.20. The average molecular weight is 228 g/mol. The molecule has 0 aliphatic carbocycles. The van der Waals surface area contributed by atoms with Crippen LogP contribution in [0.2, 0.25) is 0 Å². The fraction of sp³-hybridized carbons (Fsp3) is 0. The molecule has 0 bridgehead atoms. The Morgan fingerprint density at radius 2 is 1.76 bits per heavy atom. The Kier molecular flexibility index (Phi) is 2.11. The summed E-state index contributed by atoms with van der Waals surface area (Å²) in [4.78, 5) is 0. The van der Waals surface area contributed by atoms with Crippen molar-refractivity contribution in [2.24, 2.45) is 0 Å². The summed E-state index contributed by atoms with van der Waals surface area (Å²) >= 11 is 0. The molecule has 0 aliphatic rings. The number of hydrogen-bond donors (Lipinski definition) is 1.